The summed E-state index contributed by atoms with van der Waals surface area (Å²) in [6.45, 7) is 11.8. The first-order valence-electron chi connectivity index (χ1n) is 38.9. The van der Waals surface area contributed by atoms with Gasteiger partial charge in [-0.05, 0) is 43.4 Å². The van der Waals surface area contributed by atoms with Gasteiger partial charge in [-0.25, -0.2) is 9.13 Å². The molecule has 3 N–H and O–H groups in total. The molecule has 3 unspecified atom stereocenters. The number of aliphatic hydroxyl groups is 1. The topological polar surface area (TPSA) is 237 Å². The molecule has 6 atom stereocenters. The Balaban J connectivity index is 5.19. The molecule has 0 saturated carbocycles. The van der Waals surface area contributed by atoms with Crippen LogP contribution >= 0.6 is 15.6 Å². The molecule has 94 heavy (non-hydrogen) atoms. The number of hydrogen-bond acceptors (Lipinski definition) is 15. The second kappa shape index (κ2) is 65.7. The van der Waals surface area contributed by atoms with Crippen molar-refractivity contribution in [3.05, 3.63) is 0 Å². The fourth-order valence-corrected chi connectivity index (χ4v) is 13.0. The maximum atomic E-state index is 13.1. The van der Waals surface area contributed by atoms with Crippen LogP contribution in [0.3, 0.4) is 0 Å². The van der Waals surface area contributed by atoms with E-state index in [0.29, 0.717) is 25.7 Å². The minimum atomic E-state index is -4.96. The quantitative estimate of drug-likeness (QED) is 0.0222. The van der Waals surface area contributed by atoms with Gasteiger partial charge in [0.2, 0.25) is 0 Å². The number of unbranched alkanes of at least 4 members (excludes halogenated alkanes) is 40. The molecule has 0 aliphatic heterocycles. The molecule has 0 aromatic carbocycles. The Morgan fingerprint density at radius 2 is 0.543 bits per heavy atom. The molecule has 0 bridgehead atoms. The highest BCUT2D eigenvalue weighted by Crippen LogP contribution is 2.45. The first kappa shape index (κ1) is 92.1. The molecule has 0 aliphatic carbocycles. The summed E-state index contributed by atoms with van der Waals surface area (Å²) >= 11 is 0. The molecule has 17 nitrogen and oxygen atoms in total. The first-order valence-corrected chi connectivity index (χ1v) is 41.9. The minimum Gasteiger partial charge on any atom is -0.462 e. The van der Waals surface area contributed by atoms with Crippen LogP contribution in [0.4, 0.5) is 0 Å². The zero-order chi connectivity index (χ0) is 69.4. The lowest BCUT2D eigenvalue weighted by atomic mass is 10.00. The highest BCUT2D eigenvalue weighted by molar-refractivity contribution is 7.47. The van der Waals surface area contributed by atoms with E-state index in [4.69, 9.17) is 37.0 Å². The van der Waals surface area contributed by atoms with E-state index in [1.54, 1.807) is 0 Å². The van der Waals surface area contributed by atoms with Gasteiger partial charge in [-0.2, -0.15) is 0 Å². The standard InChI is InChI=1S/C75H146O17P2/c1-8-10-11-12-13-14-15-16-17-18-19-20-21-22-23-24-25-28-35-44-51-58-74(79)91-70(62-85-72(77)56-49-42-34-29-26-27-32-39-46-53-66(3)4)64-89-93(81,82)87-60-69(76)61-88-94(83,84)90-65-71(63-86-73(78)57-50-43-38-37-41-48-55-68(7)9-2)92-75(80)59-52-45-36-31-30-33-40-47-54-67(5)6/h66-71,76H,8-65H2,1-7H3,(H,81,82)(H,83,84)/t68?,69-,70-,71-/m1/s1. The molecule has 0 aromatic heterocycles. The number of carbonyl (C=O) groups is 4. The average Bonchev–Trinajstić information content (AvgIpc) is 1.28. The Hall–Kier alpha value is -1.94. The second-order valence-electron chi connectivity index (χ2n) is 28.2. The lowest BCUT2D eigenvalue weighted by molar-refractivity contribution is -0.161. The Morgan fingerprint density at radius 3 is 0.809 bits per heavy atom. The first-order chi connectivity index (χ1) is 45.3. The van der Waals surface area contributed by atoms with Crippen molar-refractivity contribution in [2.45, 2.75) is 401 Å². The summed E-state index contributed by atoms with van der Waals surface area (Å²) in [5.41, 5.74) is 0. The third kappa shape index (κ3) is 67.3. The average molecular weight is 1380 g/mol. The van der Waals surface area contributed by atoms with Crippen LogP contribution in [-0.4, -0.2) is 96.7 Å². The van der Waals surface area contributed by atoms with E-state index in [9.17, 15) is 43.2 Å². The van der Waals surface area contributed by atoms with E-state index in [2.05, 4.69) is 48.5 Å². The number of rotatable bonds is 73. The van der Waals surface area contributed by atoms with Crippen molar-refractivity contribution in [1.82, 2.24) is 0 Å². The van der Waals surface area contributed by atoms with Gasteiger partial charge >= 0.3 is 39.5 Å². The molecular weight excluding hydrogens is 1230 g/mol. The molecule has 0 rings (SSSR count). The molecule has 558 valence electrons. The summed E-state index contributed by atoms with van der Waals surface area (Å²) in [7, 11) is -9.91. The van der Waals surface area contributed by atoms with Gasteiger partial charge in [0, 0.05) is 25.7 Å². The van der Waals surface area contributed by atoms with Gasteiger partial charge in [-0.15, -0.1) is 0 Å². The van der Waals surface area contributed by atoms with Crippen LogP contribution in [-0.2, 0) is 65.4 Å². The van der Waals surface area contributed by atoms with Crippen molar-refractivity contribution in [2.75, 3.05) is 39.6 Å². The number of ether oxygens (including phenoxy) is 4. The smallest absolute Gasteiger partial charge is 0.462 e. The number of aliphatic hydroxyl groups excluding tert-OH is 1. The summed E-state index contributed by atoms with van der Waals surface area (Å²) < 4.78 is 68.4. The van der Waals surface area contributed by atoms with Crippen LogP contribution < -0.4 is 0 Å². The fourth-order valence-electron chi connectivity index (χ4n) is 11.4. The lowest BCUT2D eigenvalue weighted by Crippen LogP contribution is -2.30. The number of carbonyl (C=O) groups excluding carboxylic acids is 4. The number of esters is 4. The third-order valence-electron chi connectivity index (χ3n) is 17.7. The minimum absolute atomic E-state index is 0.103. The number of phosphoric acid groups is 2. The lowest BCUT2D eigenvalue weighted by Gasteiger charge is -2.21. The summed E-state index contributed by atoms with van der Waals surface area (Å²) in [5.74, 6) is 0.0683. The van der Waals surface area contributed by atoms with Gasteiger partial charge in [-0.3, -0.25) is 37.3 Å². The van der Waals surface area contributed by atoms with Crippen molar-refractivity contribution in [3.8, 4) is 0 Å². The summed E-state index contributed by atoms with van der Waals surface area (Å²) in [6, 6.07) is 0. The molecule has 0 aliphatic rings. The van der Waals surface area contributed by atoms with Crippen LogP contribution in [0.5, 0.6) is 0 Å². The van der Waals surface area contributed by atoms with Crippen molar-refractivity contribution < 1.29 is 80.2 Å². The van der Waals surface area contributed by atoms with Crippen LogP contribution in [0, 0.1) is 17.8 Å². The zero-order valence-electron chi connectivity index (χ0n) is 61.4. The molecule has 0 heterocycles. The van der Waals surface area contributed by atoms with E-state index in [0.717, 1.165) is 114 Å². The van der Waals surface area contributed by atoms with E-state index in [1.807, 2.05) is 0 Å². The van der Waals surface area contributed by atoms with Crippen LogP contribution in [0.1, 0.15) is 382 Å². The highest BCUT2D eigenvalue weighted by atomic mass is 31.2. The van der Waals surface area contributed by atoms with E-state index < -0.39 is 97.5 Å². The van der Waals surface area contributed by atoms with E-state index >= 15 is 0 Å². The molecule has 0 fully saturated rings. The van der Waals surface area contributed by atoms with Crippen molar-refractivity contribution in [1.29, 1.82) is 0 Å². The molecule has 0 spiro atoms. The molecule has 0 aromatic rings. The van der Waals surface area contributed by atoms with Crippen LogP contribution in [0.25, 0.3) is 0 Å². The second-order valence-corrected chi connectivity index (χ2v) is 31.1. The largest absolute Gasteiger partial charge is 0.472 e. The third-order valence-corrected chi connectivity index (χ3v) is 19.6. The molecule has 0 amide bonds. The van der Waals surface area contributed by atoms with Gasteiger partial charge < -0.3 is 33.8 Å². The SMILES string of the molecule is CCCCCCCCCCCCCCCCCCCCCCCC(=O)O[C@H](COC(=O)CCCCCCCCCCCC(C)C)COP(=O)(O)OC[C@@H](O)COP(=O)(O)OC[C@@H](COC(=O)CCCCCCCCC(C)CC)OC(=O)CCCCCCCCCCC(C)C. The monoisotopic (exact) mass is 1380 g/mol. The Morgan fingerprint density at radius 1 is 0.309 bits per heavy atom. The number of phosphoric ester groups is 2. The summed E-state index contributed by atoms with van der Waals surface area (Å²) in [6.07, 6.45) is 51.6. The highest BCUT2D eigenvalue weighted by Gasteiger charge is 2.30. The Bertz CT molecular complexity index is 1840. The van der Waals surface area contributed by atoms with Crippen LogP contribution in [0.15, 0.2) is 0 Å². The van der Waals surface area contributed by atoms with Crippen LogP contribution in [0.2, 0.25) is 0 Å². The normalized spacial score (nSPS) is 14.4. The fraction of sp³-hybridized carbons (Fsp3) is 0.947. The Kier molecular flexibility index (Phi) is 64.3. The summed E-state index contributed by atoms with van der Waals surface area (Å²) in [4.78, 5) is 72.7. The van der Waals surface area contributed by atoms with Gasteiger partial charge in [0.15, 0.2) is 12.2 Å². The number of hydrogen-bond donors (Lipinski definition) is 3. The molecular formula is C75H146O17P2. The zero-order valence-corrected chi connectivity index (χ0v) is 63.2. The maximum Gasteiger partial charge on any atom is 0.472 e. The van der Waals surface area contributed by atoms with E-state index in [1.165, 1.54) is 186 Å². The van der Waals surface area contributed by atoms with Crippen molar-refractivity contribution in [2.24, 2.45) is 17.8 Å². The predicted octanol–water partition coefficient (Wildman–Crippen LogP) is 21.8. The molecule has 0 saturated heterocycles. The maximum absolute atomic E-state index is 13.1. The van der Waals surface area contributed by atoms with Gasteiger partial charge in [0.1, 0.15) is 19.3 Å². The van der Waals surface area contributed by atoms with Crippen molar-refractivity contribution in [3.63, 3.8) is 0 Å². The summed E-state index contributed by atoms with van der Waals surface area (Å²) in [5, 5.41) is 10.6. The molecule has 0 radical (unpaired) electrons. The Labute approximate surface area is 575 Å². The van der Waals surface area contributed by atoms with Gasteiger partial charge in [-0.1, -0.05) is 331 Å². The molecule has 19 heteroatoms. The van der Waals surface area contributed by atoms with Gasteiger partial charge in [0.25, 0.3) is 0 Å². The predicted molar refractivity (Wildman–Crippen MR) is 381 cm³/mol. The van der Waals surface area contributed by atoms with Crippen molar-refractivity contribution >= 4 is 39.5 Å². The van der Waals surface area contributed by atoms with E-state index in [-0.39, 0.29) is 25.7 Å². The van der Waals surface area contributed by atoms with Gasteiger partial charge in [0.05, 0.1) is 26.4 Å².